The van der Waals surface area contributed by atoms with Crippen LogP contribution < -0.4 is 4.90 Å². The molecule has 1 aliphatic heterocycles. The van der Waals surface area contributed by atoms with Gasteiger partial charge in [0.25, 0.3) is 0 Å². The molecule has 0 N–H and O–H groups in total. The minimum absolute atomic E-state index is 0.268. The Bertz CT molecular complexity index is 503. The second-order valence-electron chi connectivity index (χ2n) is 6.05. The van der Waals surface area contributed by atoms with E-state index in [4.69, 9.17) is 0 Å². The van der Waals surface area contributed by atoms with Gasteiger partial charge in [0, 0.05) is 31.9 Å². The number of piperazine rings is 1. The van der Waals surface area contributed by atoms with Gasteiger partial charge in [0.2, 0.25) is 5.91 Å². The van der Waals surface area contributed by atoms with E-state index in [1.807, 2.05) is 4.90 Å². The zero-order valence-electron chi connectivity index (χ0n) is 14.4. The van der Waals surface area contributed by atoms with Gasteiger partial charge in [-0.25, -0.2) is 0 Å². The number of hydrogen-bond acceptors (Lipinski definition) is 3. The Morgan fingerprint density at radius 2 is 1.73 bits per heavy atom. The van der Waals surface area contributed by atoms with Crippen LogP contribution >= 0.6 is 0 Å². The lowest BCUT2D eigenvalue weighted by Gasteiger charge is -2.37. The Labute approximate surface area is 134 Å². The molecule has 0 unspecified atom stereocenters. The maximum absolute atomic E-state index is 12.4. The molecule has 0 atom stereocenters. The number of aryl methyl sites for hydroxylation is 1. The number of benzene rings is 1. The molecule has 1 amide bonds. The first-order chi connectivity index (χ1) is 10.6. The Hall–Kier alpha value is -1.55. The summed E-state index contributed by atoms with van der Waals surface area (Å²) in [6.45, 7) is 14.5. The molecule has 2 rings (SSSR count). The van der Waals surface area contributed by atoms with E-state index in [1.54, 1.807) is 0 Å². The summed E-state index contributed by atoms with van der Waals surface area (Å²) in [5.74, 6) is 0.268. The number of nitrogens with zero attached hydrogens (tertiary/aromatic N) is 3. The third-order valence-corrected chi connectivity index (χ3v) is 4.80. The minimum atomic E-state index is 0.268. The van der Waals surface area contributed by atoms with Crippen LogP contribution in [0.15, 0.2) is 18.2 Å². The molecule has 1 aromatic rings. The minimum Gasteiger partial charge on any atom is -0.368 e. The fraction of sp³-hybridized carbons (Fsp3) is 0.611. The van der Waals surface area contributed by atoms with Crippen LogP contribution in [0.1, 0.15) is 25.0 Å². The van der Waals surface area contributed by atoms with Crippen LogP contribution in [0, 0.1) is 13.8 Å². The summed E-state index contributed by atoms with van der Waals surface area (Å²) in [6.07, 6.45) is 0. The molecule has 0 radical (unpaired) electrons. The number of anilines is 1. The molecular weight excluding hydrogens is 274 g/mol. The van der Waals surface area contributed by atoms with Gasteiger partial charge >= 0.3 is 0 Å². The highest BCUT2D eigenvalue weighted by atomic mass is 16.2. The third kappa shape index (κ3) is 3.80. The van der Waals surface area contributed by atoms with Crippen molar-refractivity contribution in [2.45, 2.75) is 27.7 Å². The average Bonchev–Trinajstić information content (AvgIpc) is 2.55. The number of hydrogen-bond donors (Lipinski definition) is 0. The largest absolute Gasteiger partial charge is 0.368 e. The number of rotatable bonds is 5. The van der Waals surface area contributed by atoms with E-state index in [9.17, 15) is 4.79 Å². The van der Waals surface area contributed by atoms with E-state index in [2.05, 4.69) is 55.7 Å². The third-order valence-electron chi connectivity index (χ3n) is 4.80. The fourth-order valence-electron chi connectivity index (χ4n) is 3.01. The maximum Gasteiger partial charge on any atom is 0.236 e. The number of carbonyl (C=O) groups is 1. The Morgan fingerprint density at radius 3 is 2.32 bits per heavy atom. The van der Waals surface area contributed by atoms with E-state index in [0.717, 1.165) is 39.3 Å². The van der Waals surface area contributed by atoms with Gasteiger partial charge < -0.3 is 9.80 Å². The van der Waals surface area contributed by atoms with Gasteiger partial charge in [0.1, 0.15) is 0 Å². The predicted octanol–water partition coefficient (Wildman–Crippen LogP) is 2.29. The predicted molar refractivity (Wildman–Crippen MR) is 92.5 cm³/mol. The zero-order valence-corrected chi connectivity index (χ0v) is 14.4. The SMILES string of the molecule is CCN(CC)CC(=O)N1CCN(c2cccc(C)c2C)CC1. The summed E-state index contributed by atoms with van der Waals surface area (Å²) in [7, 11) is 0. The lowest BCUT2D eigenvalue weighted by Crippen LogP contribution is -2.51. The van der Waals surface area contributed by atoms with Crippen molar-refractivity contribution in [2.24, 2.45) is 0 Å². The van der Waals surface area contributed by atoms with Crippen LogP contribution in [0.25, 0.3) is 0 Å². The highest BCUT2D eigenvalue weighted by molar-refractivity contribution is 5.78. The maximum atomic E-state index is 12.4. The van der Waals surface area contributed by atoms with E-state index in [0.29, 0.717) is 6.54 Å². The van der Waals surface area contributed by atoms with Gasteiger partial charge in [-0.15, -0.1) is 0 Å². The summed E-state index contributed by atoms with van der Waals surface area (Å²) in [4.78, 5) is 19.0. The highest BCUT2D eigenvalue weighted by Gasteiger charge is 2.23. The van der Waals surface area contributed by atoms with Gasteiger partial charge in [-0.3, -0.25) is 9.69 Å². The second kappa shape index (κ2) is 7.63. The van der Waals surface area contributed by atoms with E-state index < -0.39 is 0 Å². The van der Waals surface area contributed by atoms with Crippen LogP contribution in [0.2, 0.25) is 0 Å². The molecule has 1 aliphatic rings. The van der Waals surface area contributed by atoms with Crippen LogP contribution in [-0.2, 0) is 4.79 Å². The molecule has 1 heterocycles. The monoisotopic (exact) mass is 303 g/mol. The van der Waals surface area contributed by atoms with Crippen LogP contribution in [0.4, 0.5) is 5.69 Å². The molecule has 0 bridgehead atoms. The molecular formula is C18H29N3O. The summed E-state index contributed by atoms with van der Waals surface area (Å²) in [5, 5.41) is 0. The van der Waals surface area contributed by atoms with Crippen molar-refractivity contribution in [3.8, 4) is 0 Å². The Balaban J connectivity index is 1.93. The van der Waals surface area contributed by atoms with Crippen LogP contribution in [0.5, 0.6) is 0 Å². The molecule has 22 heavy (non-hydrogen) atoms. The van der Waals surface area contributed by atoms with Crippen molar-refractivity contribution >= 4 is 11.6 Å². The smallest absolute Gasteiger partial charge is 0.236 e. The van der Waals surface area contributed by atoms with E-state index in [-0.39, 0.29) is 5.91 Å². The zero-order chi connectivity index (χ0) is 16.1. The van der Waals surface area contributed by atoms with Crippen molar-refractivity contribution in [1.29, 1.82) is 0 Å². The van der Waals surface area contributed by atoms with Gasteiger partial charge in [0.15, 0.2) is 0 Å². The lowest BCUT2D eigenvalue weighted by atomic mass is 10.1. The van der Waals surface area contributed by atoms with Crippen molar-refractivity contribution < 1.29 is 4.79 Å². The summed E-state index contributed by atoms with van der Waals surface area (Å²) < 4.78 is 0. The molecule has 1 fully saturated rings. The first kappa shape index (κ1) is 16.8. The molecule has 0 spiro atoms. The molecule has 1 saturated heterocycles. The molecule has 0 aliphatic carbocycles. The second-order valence-corrected chi connectivity index (χ2v) is 6.05. The molecule has 4 nitrogen and oxygen atoms in total. The number of carbonyl (C=O) groups excluding carboxylic acids is 1. The highest BCUT2D eigenvalue weighted by Crippen LogP contribution is 2.23. The van der Waals surface area contributed by atoms with E-state index >= 15 is 0 Å². The van der Waals surface area contributed by atoms with Gasteiger partial charge in [-0.05, 0) is 44.1 Å². The Morgan fingerprint density at radius 1 is 1.09 bits per heavy atom. The van der Waals surface area contributed by atoms with Crippen molar-refractivity contribution in [2.75, 3.05) is 50.7 Å². The molecule has 0 saturated carbocycles. The molecule has 4 heteroatoms. The standard InChI is InChI=1S/C18H29N3O/c1-5-19(6-2)14-18(22)21-12-10-20(11-13-21)17-9-7-8-15(3)16(17)4/h7-9H,5-6,10-14H2,1-4H3. The average molecular weight is 303 g/mol. The van der Waals surface area contributed by atoms with Crippen molar-refractivity contribution in [3.63, 3.8) is 0 Å². The Kier molecular flexibility index (Phi) is 5.83. The summed E-state index contributed by atoms with van der Waals surface area (Å²) in [6, 6.07) is 6.47. The molecule has 122 valence electrons. The van der Waals surface area contributed by atoms with Crippen molar-refractivity contribution in [3.05, 3.63) is 29.3 Å². The fourth-order valence-corrected chi connectivity index (χ4v) is 3.01. The first-order valence-corrected chi connectivity index (χ1v) is 8.38. The summed E-state index contributed by atoms with van der Waals surface area (Å²) in [5.41, 5.74) is 4.00. The van der Waals surface area contributed by atoms with Gasteiger partial charge in [-0.1, -0.05) is 26.0 Å². The molecule has 1 aromatic carbocycles. The first-order valence-electron chi connectivity index (χ1n) is 8.38. The topological polar surface area (TPSA) is 26.8 Å². The quantitative estimate of drug-likeness (QED) is 0.835. The lowest BCUT2D eigenvalue weighted by molar-refractivity contribution is -0.132. The molecule has 0 aromatic heterocycles. The number of likely N-dealkylation sites (N-methyl/N-ethyl adjacent to an activating group) is 1. The normalized spacial score (nSPS) is 15.5. The van der Waals surface area contributed by atoms with Crippen LogP contribution in [0.3, 0.4) is 0 Å². The van der Waals surface area contributed by atoms with Gasteiger partial charge in [-0.2, -0.15) is 0 Å². The van der Waals surface area contributed by atoms with Gasteiger partial charge in [0.05, 0.1) is 6.54 Å². The van der Waals surface area contributed by atoms with Crippen LogP contribution in [-0.4, -0.2) is 61.5 Å². The summed E-state index contributed by atoms with van der Waals surface area (Å²) >= 11 is 0. The van der Waals surface area contributed by atoms with E-state index in [1.165, 1.54) is 16.8 Å². The van der Waals surface area contributed by atoms with Crippen molar-refractivity contribution in [1.82, 2.24) is 9.80 Å². The number of amides is 1.